The first kappa shape index (κ1) is 14.5. The van der Waals surface area contributed by atoms with E-state index in [2.05, 4.69) is 11.4 Å². The molecular formula is C15H19N3O2. The molecule has 20 heavy (non-hydrogen) atoms. The summed E-state index contributed by atoms with van der Waals surface area (Å²) in [7, 11) is 1.80. The molecule has 1 unspecified atom stereocenters. The number of benzene rings is 1. The number of hydrogen-bond acceptors (Lipinski definition) is 4. The molecule has 1 aromatic carbocycles. The van der Waals surface area contributed by atoms with Crippen LogP contribution in [0.1, 0.15) is 17.5 Å². The highest BCUT2D eigenvalue weighted by Gasteiger charge is 2.19. The maximum atomic E-state index is 12.1. The van der Waals surface area contributed by atoms with Gasteiger partial charge in [0, 0.05) is 32.6 Å². The zero-order valence-corrected chi connectivity index (χ0v) is 11.6. The fourth-order valence-electron chi connectivity index (χ4n) is 2.16. The monoisotopic (exact) mass is 273 g/mol. The van der Waals surface area contributed by atoms with Gasteiger partial charge in [0.25, 0.3) is 0 Å². The molecule has 1 aliphatic rings. The fraction of sp³-hybridized carbons (Fsp3) is 0.467. The van der Waals surface area contributed by atoms with Crippen molar-refractivity contribution in [1.29, 1.82) is 5.26 Å². The lowest BCUT2D eigenvalue weighted by Crippen LogP contribution is -2.44. The van der Waals surface area contributed by atoms with Crippen molar-refractivity contribution in [2.24, 2.45) is 0 Å². The Bertz CT molecular complexity index is 487. The molecule has 0 aromatic heterocycles. The van der Waals surface area contributed by atoms with Gasteiger partial charge in [-0.2, -0.15) is 5.26 Å². The molecule has 0 radical (unpaired) electrons. The molecule has 0 saturated carbocycles. The minimum atomic E-state index is 0.0948. The first-order chi connectivity index (χ1) is 9.69. The smallest absolute Gasteiger partial charge is 0.224 e. The minimum Gasteiger partial charge on any atom is -0.378 e. The first-order valence-corrected chi connectivity index (χ1v) is 6.73. The van der Waals surface area contributed by atoms with Gasteiger partial charge in [-0.25, -0.2) is 0 Å². The van der Waals surface area contributed by atoms with Gasteiger partial charge in [-0.1, -0.05) is 12.1 Å². The van der Waals surface area contributed by atoms with Gasteiger partial charge >= 0.3 is 0 Å². The van der Waals surface area contributed by atoms with Gasteiger partial charge in [0.15, 0.2) is 0 Å². The number of nitrogens with zero attached hydrogens (tertiary/aromatic N) is 2. The molecule has 1 heterocycles. The van der Waals surface area contributed by atoms with Crippen LogP contribution in [0.15, 0.2) is 24.3 Å². The predicted molar refractivity (Wildman–Crippen MR) is 74.9 cm³/mol. The number of ether oxygens (including phenoxy) is 1. The molecule has 5 heteroatoms. The van der Waals surface area contributed by atoms with E-state index < -0.39 is 0 Å². The van der Waals surface area contributed by atoms with Crippen molar-refractivity contribution in [3.8, 4) is 6.07 Å². The summed E-state index contributed by atoms with van der Waals surface area (Å²) in [6.07, 6.45) is 0.451. The minimum absolute atomic E-state index is 0.0948. The normalized spacial score (nSPS) is 18.3. The molecule has 106 valence electrons. The Morgan fingerprint density at radius 1 is 1.50 bits per heavy atom. The van der Waals surface area contributed by atoms with Crippen LogP contribution in [-0.2, 0) is 16.1 Å². The predicted octanol–water partition coefficient (Wildman–Crippen LogP) is 0.895. The third-order valence-electron chi connectivity index (χ3n) is 3.35. The Balaban J connectivity index is 1.84. The second-order valence-corrected chi connectivity index (χ2v) is 4.99. The zero-order chi connectivity index (χ0) is 14.4. The van der Waals surface area contributed by atoms with Gasteiger partial charge in [-0.3, -0.25) is 4.79 Å². The zero-order valence-electron chi connectivity index (χ0n) is 11.6. The lowest BCUT2D eigenvalue weighted by atomic mass is 10.1. The summed E-state index contributed by atoms with van der Waals surface area (Å²) in [5.74, 6) is 0.0948. The van der Waals surface area contributed by atoms with Crippen molar-refractivity contribution in [2.45, 2.75) is 19.0 Å². The molecule has 0 bridgehead atoms. The Kier molecular flexibility index (Phi) is 5.10. The summed E-state index contributed by atoms with van der Waals surface area (Å²) >= 11 is 0. The molecule has 5 nitrogen and oxygen atoms in total. The van der Waals surface area contributed by atoms with E-state index in [1.807, 2.05) is 12.1 Å². The van der Waals surface area contributed by atoms with E-state index in [-0.39, 0.29) is 11.9 Å². The third-order valence-corrected chi connectivity index (χ3v) is 3.35. The second-order valence-electron chi connectivity index (χ2n) is 4.99. The van der Waals surface area contributed by atoms with Crippen LogP contribution in [0.5, 0.6) is 0 Å². The fourth-order valence-corrected chi connectivity index (χ4v) is 2.16. The molecule has 1 aliphatic heterocycles. The number of nitrogens with one attached hydrogen (secondary N) is 1. The van der Waals surface area contributed by atoms with Gasteiger partial charge < -0.3 is 15.0 Å². The van der Waals surface area contributed by atoms with E-state index >= 15 is 0 Å². The molecule has 2 rings (SSSR count). The number of carbonyl (C=O) groups is 1. The van der Waals surface area contributed by atoms with Crippen LogP contribution in [0.2, 0.25) is 0 Å². The number of amides is 1. The molecule has 0 spiro atoms. The number of rotatable bonds is 4. The van der Waals surface area contributed by atoms with Crippen LogP contribution in [-0.4, -0.2) is 43.7 Å². The summed E-state index contributed by atoms with van der Waals surface area (Å²) in [5.41, 5.74) is 1.65. The average Bonchev–Trinajstić information content (AvgIpc) is 2.49. The Morgan fingerprint density at radius 3 is 2.85 bits per heavy atom. The lowest BCUT2D eigenvalue weighted by Gasteiger charge is -2.25. The summed E-state index contributed by atoms with van der Waals surface area (Å²) in [4.78, 5) is 13.8. The number of carbonyl (C=O) groups excluding carboxylic acids is 1. The summed E-state index contributed by atoms with van der Waals surface area (Å²) in [6, 6.07) is 9.49. The van der Waals surface area contributed by atoms with Gasteiger partial charge in [-0.15, -0.1) is 0 Å². The molecular weight excluding hydrogens is 254 g/mol. The van der Waals surface area contributed by atoms with Crippen LogP contribution in [0.25, 0.3) is 0 Å². The maximum absolute atomic E-state index is 12.1. The Morgan fingerprint density at radius 2 is 2.25 bits per heavy atom. The summed E-state index contributed by atoms with van der Waals surface area (Å²) in [5, 5.41) is 12.0. The molecule has 1 N–H and O–H groups in total. The summed E-state index contributed by atoms with van der Waals surface area (Å²) in [6.45, 7) is 2.66. The van der Waals surface area contributed by atoms with E-state index in [9.17, 15) is 4.79 Å². The lowest BCUT2D eigenvalue weighted by molar-refractivity contribution is -0.131. The molecule has 1 saturated heterocycles. The van der Waals surface area contributed by atoms with E-state index in [1.165, 1.54) is 0 Å². The van der Waals surface area contributed by atoms with Crippen molar-refractivity contribution in [3.63, 3.8) is 0 Å². The van der Waals surface area contributed by atoms with Gasteiger partial charge in [0.1, 0.15) is 0 Å². The standard InChI is InChI=1S/C15H19N3O2/c1-18(10-13-4-2-12(9-16)3-5-13)15(19)8-14-11-20-7-6-17-14/h2-5,14,17H,6-8,10-11H2,1H3. The average molecular weight is 273 g/mol. The highest BCUT2D eigenvalue weighted by molar-refractivity contribution is 5.76. The van der Waals surface area contributed by atoms with Crippen LogP contribution in [0, 0.1) is 11.3 Å². The van der Waals surface area contributed by atoms with Crippen molar-refractivity contribution in [3.05, 3.63) is 35.4 Å². The van der Waals surface area contributed by atoms with Crippen LogP contribution >= 0.6 is 0 Å². The van der Waals surface area contributed by atoms with Crippen molar-refractivity contribution < 1.29 is 9.53 Å². The Hall–Kier alpha value is -1.90. The second kappa shape index (κ2) is 7.04. The molecule has 1 aromatic rings. The topological polar surface area (TPSA) is 65.4 Å². The number of nitriles is 1. The molecule has 1 amide bonds. The van der Waals surface area contributed by atoms with Crippen molar-refractivity contribution in [2.75, 3.05) is 26.8 Å². The van der Waals surface area contributed by atoms with E-state index in [0.29, 0.717) is 31.7 Å². The highest BCUT2D eigenvalue weighted by Crippen LogP contribution is 2.08. The number of morpholine rings is 1. The van der Waals surface area contributed by atoms with Gasteiger partial charge in [-0.05, 0) is 17.7 Å². The summed E-state index contributed by atoms with van der Waals surface area (Å²) < 4.78 is 5.34. The Labute approximate surface area is 119 Å². The van der Waals surface area contributed by atoms with E-state index in [4.69, 9.17) is 10.00 Å². The third kappa shape index (κ3) is 4.05. The first-order valence-electron chi connectivity index (χ1n) is 6.73. The number of hydrogen-bond donors (Lipinski definition) is 1. The highest BCUT2D eigenvalue weighted by atomic mass is 16.5. The maximum Gasteiger partial charge on any atom is 0.224 e. The van der Waals surface area contributed by atoms with Crippen molar-refractivity contribution >= 4 is 5.91 Å². The van der Waals surface area contributed by atoms with Gasteiger partial charge in [0.05, 0.1) is 24.8 Å². The van der Waals surface area contributed by atoms with Gasteiger partial charge in [0.2, 0.25) is 5.91 Å². The van der Waals surface area contributed by atoms with E-state index in [1.54, 1.807) is 24.1 Å². The molecule has 1 atom stereocenters. The SMILES string of the molecule is CN(Cc1ccc(C#N)cc1)C(=O)CC1COCCN1. The largest absolute Gasteiger partial charge is 0.378 e. The molecule has 1 fully saturated rings. The molecule has 0 aliphatic carbocycles. The van der Waals surface area contributed by atoms with Crippen LogP contribution < -0.4 is 5.32 Å². The van der Waals surface area contributed by atoms with Crippen LogP contribution in [0.4, 0.5) is 0 Å². The van der Waals surface area contributed by atoms with Crippen LogP contribution in [0.3, 0.4) is 0 Å². The quantitative estimate of drug-likeness (QED) is 0.885. The van der Waals surface area contributed by atoms with Crippen molar-refractivity contribution in [1.82, 2.24) is 10.2 Å². The van der Waals surface area contributed by atoms with E-state index in [0.717, 1.165) is 12.1 Å².